The van der Waals surface area contributed by atoms with Gasteiger partial charge in [-0.25, -0.2) is 16.8 Å². The molecule has 0 aliphatic rings. The third-order valence-corrected chi connectivity index (χ3v) is 13.6. The summed E-state index contributed by atoms with van der Waals surface area (Å²) in [5.41, 5.74) is -9.14. The van der Waals surface area contributed by atoms with Crippen molar-refractivity contribution < 1.29 is 97.0 Å². The first-order valence-corrected chi connectivity index (χ1v) is 22.9. The number of benzene rings is 4. The Morgan fingerprint density at radius 1 is 0.450 bits per heavy atom. The molecule has 2 aromatic heterocycles. The van der Waals surface area contributed by atoms with Crippen molar-refractivity contribution >= 4 is 68.7 Å². The second-order valence-corrected chi connectivity index (χ2v) is 19.1. The Labute approximate surface area is 377 Å². The smallest absolute Gasteiger partial charge is 0.741 e. The van der Waals surface area contributed by atoms with Crippen LogP contribution >= 0.6 is 15.8 Å². The number of hydrogen-bond donors (Lipinski definition) is 2. The van der Waals surface area contributed by atoms with Crippen molar-refractivity contribution in [3.63, 3.8) is 0 Å². The Bertz CT molecular complexity index is 2050. The zero-order valence-corrected chi connectivity index (χ0v) is 37.2. The van der Waals surface area contributed by atoms with Gasteiger partial charge in [0, 0.05) is 12.4 Å². The third kappa shape index (κ3) is 19.9. The van der Waals surface area contributed by atoms with Gasteiger partial charge < -0.3 is 19.7 Å². The van der Waals surface area contributed by atoms with Crippen LogP contribution in [0.1, 0.15) is 0 Å². The molecule has 0 aliphatic heterocycles. The number of hydrogen-bond acceptors (Lipinski definition) is 10. The number of anilines is 2. The zero-order chi connectivity index (χ0) is 42.7. The van der Waals surface area contributed by atoms with Crippen molar-refractivity contribution in [2.45, 2.75) is 11.0 Å². The van der Waals surface area contributed by atoms with Gasteiger partial charge in [-0.15, -0.1) is 0 Å². The molecule has 0 bridgehead atoms. The van der Waals surface area contributed by atoms with Gasteiger partial charge in [0.15, 0.2) is 20.2 Å². The minimum absolute atomic E-state index is 0. The number of rotatable bonds is 10. The van der Waals surface area contributed by atoms with E-state index < -0.39 is 47.1 Å². The Balaban J connectivity index is 0.000000435. The molecule has 0 unspecified atom stereocenters. The van der Waals surface area contributed by atoms with Crippen LogP contribution in [0.25, 0.3) is 0 Å². The van der Waals surface area contributed by atoms with E-state index in [1.807, 2.05) is 24.5 Å². The van der Waals surface area contributed by atoms with Crippen LogP contribution in [0.2, 0.25) is 0 Å². The molecule has 60 heavy (non-hydrogen) atoms. The Hall–Kier alpha value is -3.48. The fraction of sp³-hybridized carbons (Fsp3) is 0.105. The maximum atomic E-state index is 10.7. The van der Waals surface area contributed by atoms with E-state index in [0.29, 0.717) is 0 Å². The minimum atomic E-state index is -6.09. The van der Waals surface area contributed by atoms with E-state index in [2.05, 4.69) is 154 Å². The molecule has 0 amide bonds. The molecule has 0 radical (unpaired) electrons. The summed E-state index contributed by atoms with van der Waals surface area (Å²) in [6.07, 6.45) is 9.23. The molecular formula is C38H36Ag2F6N4O6P2S2+2. The van der Waals surface area contributed by atoms with Crippen molar-refractivity contribution in [3.8, 4) is 0 Å². The van der Waals surface area contributed by atoms with Crippen LogP contribution in [0.3, 0.4) is 0 Å². The van der Waals surface area contributed by atoms with Gasteiger partial charge in [0.1, 0.15) is 12.6 Å². The molecule has 6 rings (SSSR count). The maximum Gasteiger partial charge on any atom is 1.00 e. The van der Waals surface area contributed by atoms with E-state index in [1.54, 1.807) is 12.4 Å². The van der Waals surface area contributed by atoms with Crippen LogP contribution in [0.5, 0.6) is 0 Å². The van der Waals surface area contributed by atoms with E-state index in [4.69, 9.17) is 25.9 Å². The number of aromatic nitrogens is 2. The van der Waals surface area contributed by atoms with Crippen LogP contribution in [0, 0.1) is 0 Å². The number of nitrogens with zero attached hydrogens (tertiary/aromatic N) is 2. The molecular weight excluding hydrogens is 1060 g/mol. The third-order valence-electron chi connectivity index (χ3n) is 7.32. The second-order valence-electron chi connectivity index (χ2n) is 11.4. The standard InChI is InChI=1S/2C18H17N2P.2CHF3O3S.2Ag/c2*1-3-9-17(10-4-1)21(18-11-5-2-6-12-18)15-20-16-8-7-13-19-14-16;2*2-1(3,4)8(5,6)7;;/h2*1-14,20H,15H2;2*(H,5,6,7);;/q;;;;2*+1. The van der Waals surface area contributed by atoms with Gasteiger partial charge in [-0.05, 0) is 72.8 Å². The molecule has 2 heterocycles. The van der Waals surface area contributed by atoms with E-state index in [0.717, 1.165) is 23.9 Å². The molecule has 6 aromatic rings. The maximum absolute atomic E-state index is 10.7. The van der Waals surface area contributed by atoms with Gasteiger partial charge in [-0.3, -0.25) is 9.97 Å². The summed E-state index contributed by atoms with van der Waals surface area (Å²) in [4.78, 5) is 8.31. The average Bonchev–Trinajstić information content (AvgIpc) is 3.20. The fourth-order valence-corrected chi connectivity index (χ4v) is 9.24. The quantitative estimate of drug-likeness (QED) is 0.0495. The van der Waals surface area contributed by atoms with E-state index in [-0.39, 0.29) is 44.8 Å². The normalized spacial score (nSPS) is 11.1. The Morgan fingerprint density at radius 3 is 0.867 bits per heavy atom. The minimum Gasteiger partial charge on any atom is -0.741 e. The SMILES string of the molecule is O=S(=O)([O-])C(F)(F)F.O=S(=O)([O-])C(F)(F)F.[Ag+].[Ag+].c1ccc([PH+](CNc2cccnc2)c2ccccc2)cc1.c1ccc([PH+](CNc2cccnc2)c2ccccc2)cc1. The van der Waals surface area contributed by atoms with Crippen LogP contribution in [-0.2, 0) is 65.0 Å². The average molecular weight is 1100 g/mol. The van der Waals surface area contributed by atoms with Crippen molar-refractivity contribution in [3.05, 3.63) is 170 Å². The molecule has 0 saturated heterocycles. The Kier molecular flexibility index (Phi) is 24.3. The molecule has 22 heteroatoms. The van der Waals surface area contributed by atoms with Crippen molar-refractivity contribution in [1.82, 2.24) is 9.97 Å². The first-order valence-electron chi connectivity index (χ1n) is 16.6. The summed E-state index contributed by atoms with van der Waals surface area (Å²) < 4.78 is 118. The summed E-state index contributed by atoms with van der Waals surface area (Å²) in [6, 6.07) is 51.1. The van der Waals surface area contributed by atoms with Gasteiger partial charge in [0.2, 0.25) is 0 Å². The van der Waals surface area contributed by atoms with E-state index >= 15 is 0 Å². The van der Waals surface area contributed by atoms with Gasteiger partial charge in [-0.1, -0.05) is 72.8 Å². The molecule has 328 valence electrons. The van der Waals surface area contributed by atoms with Gasteiger partial charge in [0.25, 0.3) is 0 Å². The first kappa shape index (κ1) is 54.5. The van der Waals surface area contributed by atoms with Crippen LogP contribution < -0.4 is 31.9 Å². The monoisotopic (exact) mass is 1100 g/mol. The second kappa shape index (κ2) is 26.8. The summed E-state index contributed by atoms with van der Waals surface area (Å²) in [5.74, 6) is 0. The van der Waals surface area contributed by atoms with E-state index in [9.17, 15) is 26.3 Å². The number of halogens is 6. The van der Waals surface area contributed by atoms with Crippen molar-refractivity contribution in [2.24, 2.45) is 0 Å². The zero-order valence-electron chi connectivity index (χ0n) is 30.6. The number of nitrogens with one attached hydrogen (secondary N) is 2. The number of alkyl halides is 6. The largest absolute Gasteiger partial charge is 1.00 e. The molecule has 0 fully saturated rings. The van der Waals surface area contributed by atoms with Crippen LogP contribution in [-0.4, -0.2) is 59.5 Å². The molecule has 0 atom stereocenters. The summed E-state index contributed by atoms with van der Waals surface area (Å²) >= 11 is 0. The van der Waals surface area contributed by atoms with Crippen LogP contribution in [0.4, 0.5) is 37.7 Å². The molecule has 10 nitrogen and oxygen atoms in total. The van der Waals surface area contributed by atoms with Crippen molar-refractivity contribution in [1.29, 1.82) is 0 Å². The first-order chi connectivity index (χ1) is 27.4. The van der Waals surface area contributed by atoms with Gasteiger partial charge >= 0.3 is 55.8 Å². The van der Waals surface area contributed by atoms with Crippen LogP contribution in [0.15, 0.2) is 170 Å². The molecule has 4 aromatic carbocycles. The predicted molar refractivity (Wildman–Crippen MR) is 218 cm³/mol. The van der Waals surface area contributed by atoms with Crippen molar-refractivity contribution in [2.75, 3.05) is 23.2 Å². The summed E-state index contributed by atoms with van der Waals surface area (Å²) in [6.45, 7) is 0. The molecule has 2 N–H and O–H groups in total. The molecule has 0 saturated carbocycles. The summed E-state index contributed by atoms with van der Waals surface area (Å²) in [5, 5.41) is 12.7. The topological polar surface area (TPSA) is 164 Å². The van der Waals surface area contributed by atoms with Gasteiger partial charge in [-0.2, -0.15) is 26.3 Å². The van der Waals surface area contributed by atoms with E-state index in [1.165, 1.54) is 21.2 Å². The fourth-order valence-electron chi connectivity index (χ4n) is 4.61. The number of pyridine rings is 2. The molecule has 0 spiro atoms. The predicted octanol–water partition coefficient (Wildman–Crippen LogP) is 6.73. The molecule has 0 aliphatic carbocycles. The summed E-state index contributed by atoms with van der Waals surface area (Å²) in [7, 11) is -13.9. The Morgan fingerprint density at radius 2 is 0.683 bits per heavy atom. The van der Waals surface area contributed by atoms with Gasteiger partial charge in [0.05, 0.1) is 60.8 Å².